The zero-order chi connectivity index (χ0) is 19.7. The first kappa shape index (κ1) is 18.1. The minimum Gasteiger partial charge on any atom is -0.452 e. The molecule has 0 unspecified atom stereocenters. The zero-order valence-corrected chi connectivity index (χ0v) is 16.4. The number of hydrogen-bond acceptors (Lipinski definition) is 5. The van der Waals surface area contributed by atoms with Crippen molar-refractivity contribution >= 4 is 33.8 Å². The molecule has 2 aromatic carbocycles. The summed E-state index contributed by atoms with van der Waals surface area (Å²) in [4.78, 5) is 29.1. The smallest absolute Gasteiger partial charge is 0.344 e. The highest BCUT2D eigenvalue weighted by Gasteiger charge is 2.30. The van der Waals surface area contributed by atoms with E-state index in [-0.39, 0.29) is 11.5 Å². The van der Waals surface area contributed by atoms with E-state index in [1.807, 2.05) is 6.07 Å². The van der Waals surface area contributed by atoms with Crippen molar-refractivity contribution in [3.63, 3.8) is 0 Å². The fraction of sp³-hybridized carbons (Fsp3) is 0.0455. The van der Waals surface area contributed by atoms with Crippen molar-refractivity contribution in [2.75, 3.05) is 0 Å². The van der Waals surface area contributed by atoms with Gasteiger partial charge in [0.05, 0.1) is 11.1 Å². The number of aryl methyl sites for hydroxylation is 1. The van der Waals surface area contributed by atoms with E-state index in [2.05, 4.69) is 20.9 Å². The van der Waals surface area contributed by atoms with Crippen molar-refractivity contribution in [1.29, 1.82) is 0 Å². The molecule has 0 spiro atoms. The molecule has 0 saturated heterocycles. The normalized spacial score (nSPS) is 13.9. The van der Waals surface area contributed by atoms with E-state index in [0.717, 1.165) is 5.56 Å². The van der Waals surface area contributed by atoms with Gasteiger partial charge >= 0.3 is 5.97 Å². The van der Waals surface area contributed by atoms with E-state index in [0.29, 0.717) is 32.7 Å². The summed E-state index contributed by atoms with van der Waals surface area (Å²) in [6.45, 7) is 1.78. The van der Waals surface area contributed by atoms with Crippen molar-refractivity contribution in [3.05, 3.63) is 93.4 Å². The molecule has 0 atom stereocenters. The predicted octanol–water partition coefficient (Wildman–Crippen LogP) is 4.99. The average molecular weight is 436 g/mol. The Balaban J connectivity index is 1.63. The molecule has 138 valence electrons. The third-order valence-corrected chi connectivity index (χ3v) is 4.94. The van der Waals surface area contributed by atoms with Gasteiger partial charge in [0.2, 0.25) is 5.78 Å². The first-order chi connectivity index (χ1) is 13.5. The summed E-state index contributed by atoms with van der Waals surface area (Å²) >= 11 is 3.34. The molecule has 28 heavy (non-hydrogen) atoms. The van der Waals surface area contributed by atoms with Crippen LogP contribution in [-0.2, 0) is 0 Å². The highest BCUT2D eigenvalue weighted by atomic mass is 79.9. The lowest BCUT2D eigenvalue weighted by atomic mass is 10.0. The van der Waals surface area contributed by atoms with Crippen LogP contribution in [0.1, 0.15) is 31.8 Å². The number of pyridine rings is 1. The topological polar surface area (TPSA) is 65.5 Å². The fourth-order valence-corrected chi connectivity index (χ4v) is 3.38. The van der Waals surface area contributed by atoms with Gasteiger partial charge in [-0.1, -0.05) is 12.1 Å². The van der Waals surface area contributed by atoms with Crippen LogP contribution in [0.25, 0.3) is 6.08 Å². The van der Waals surface area contributed by atoms with E-state index < -0.39 is 5.97 Å². The first-order valence-corrected chi connectivity index (χ1v) is 9.28. The summed E-state index contributed by atoms with van der Waals surface area (Å²) in [6.07, 6.45) is 4.95. The van der Waals surface area contributed by atoms with E-state index in [1.54, 1.807) is 67.9 Å². The number of ketones is 1. The highest BCUT2D eigenvalue weighted by molar-refractivity contribution is 9.10. The Morgan fingerprint density at radius 3 is 2.64 bits per heavy atom. The molecule has 3 aromatic rings. The van der Waals surface area contributed by atoms with Gasteiger partial charge in [-0.3, -0.25) is 9.78 Å². The number of carbonyl (C=O) groups is 2. The van der Waals surface area contributed by atoms with Gasteiger partial charge in [-0.05, 0) is 70.4 Å². The average Bonchev–Trinajstić information content (AvgIpc) is 2.98. The number of fused-ring (bicyclic) bond motifs is 1. The van der Waals surface area contributed by atoms with Crippen LogP contribution < -0.4 is 9.47 Å². The summed E-state index contributed by atoms with van der Waals surface area (Å²) in [6, 6.07) is 13.8. The monoisotopic (exact) mass is 435 g/mol. The molecule has 1 aliphatic heterocycles. The van der Waals surface area contributed by atoms with Gasteiger partial charge in [0.15, 0.2) is 5.76 Å². The number of allylic oxidation sites excluding steroid dienone is 1. The van der Waals surface area contributed by atoms with Crippen LogP contribution in [0.5, 0.6) is 11.5 Å². The predicted molar refractivity (Wildman–Crippen MR) is 107 cm³/mol. The van der Waals surface area contributed by atoms with Crippen LogP contribution in [-0.4, -0.2) is 16.7 Å². The first-order valence-electron chi connectivity index (χ1n) is 8.48. The van der Waals surface area contributed by atoms with Gasteiger partial charge in [0, 0.05) is 22.9 Å². The minimum absolute atomic E-state index is 0.201. The summed E-state index contributed by atoms with van der Waals surface area (Å²) in [5, 5.41) is 0. The highest BCUT2D eigenvalue weighted by Crippen LogP contribution is 2.37. The Morgan fingerprint density at radius 1 is 1.14 bits per heavy atom. The van der Waals surface area contributed by atoms with Gasteiger partial charge < -0.3 is 9.47 Å². The molecule has 6 heteroatoms. The number of halogens is 1. The molecular formula is C22H14BrNO4. The van der Waals surface area contributed by atoms with Gasteiger partial charge in [-0.15, -0.1) is 0 Å². The van der Waals surface area contributed by atoms with Gasteiger partial charge in [0.25, 0.3) is 0 Å². The van der Waals surface area contributed by atoms with Crippen LogP contribution in [0.2, 0.25) is 0 Å². The third-order valence-electron chi connectivity index (χ3n) is 4.25. The molecule has 1 aromatic heterocycles. The lowest BCUT2D eigenvalue weighted by molar-refractivity contribution is 0.0733. The quantitative estimate of drug-likeness (QED) is 0.329. The van der Waals surface area contributed by atoms with E-state index in [9.17, 15) is 9.59 Å². The number of aromatic nitrogens is 1. The molecule has 2 heterocycles. The maximum atomic E-state index is 12.7. The molecule has 0 saturated carbocycles. The number of carbonyl (C=O) groups excluding carboxylic acids is 2. The van der Waals surface area contributed by atoms with Crippen molar-refractivity contribution in [1.82, 2.24) is 4.98 Å². The molecule has 5 nitrogen and oxygen atoms in total. The van der Waals surface area contributed by atoms with Crippen LogP contribution in [0.4, 0.5) is 0 Å². The fourth-order valence-electron chi connectivity index (χ4n) is 2.94. The largest absolute Gasteiger partial charge is 0.452 e. The summed E-state index contributed by atoms with van der Waals surface area (Å²) in [5.41, 5.74) is 2.37. The number of Topliss-reactive ketones (excluding diaryl/α,β-unsaturated/α-hetero) is 1. The second kappa shape index (κ2) is 7.40. The third kappa shape index (κ3) is 3.46. The van der Waals surface area contributed by atoms with Crippen molar-refractivity contribution in [2.24, 2.45) is 0 Å². The minimum atomic E-state index is -0.497. The number of benzene rings is 2. The maximum Gasteiger partial charge on any atom is 0.344 e. The van der Waals surface area contributed by atoms with Crippen LogP contribution >= 0.6 is 15.9 Å². The lowest BCUT2D eigenvalue weighted by Gasteiger charge is -2.08. The standard InChI is InChI=1S/C22H14BrNO4/c1-13-10-15(27-22(26)16-4-2-3-5-17(16)23)12-18-20(13)21(25)19(28-18)11-14-6-8-24-9-7-14/h2-12H,1H3/b19-11-. The molecule has 0 N–H and O–H groups in total. The molecule has 4 rings (SSSR count). The molecular weight excluding hydrogens is 422 g/mol. The van der Waals surface area contributed by atoms with Crippen molar-refractivity contribution < 1.29 is 19.1 Å². The Labute approximate surface area is 169 Å². The van der Waals surface area contributed by atoms with Crippen LogP contribution in [0.15, 0.2) is 71.2 Å². The summed E-state index contributed by atoms with van der Waals surface area (Å²) in [5.74, 6) is 0.213. The van der Waals surface area contributed by atoms with Gasteiger partial charge in [0.1, 0.15) is 11.5 Å². The SMILES string of the molecule is Cc1cc(OC(=O)c2ccccc2Br)cc2c1C(=O)/C(=C/c1ccncc1)O2. The van der Waals surface area contributed by atoms with Crippen LogP contribution in [0.3, 0.4) is 0 Å². The number of esters is 1. The molecule has 0 radical (unpaired) electrons. The van der Waals surface area contributed by atoms with E-state index >= 15 is 0 Å². The number of rotatable bonds is 3. The molecule has 0 bridgehead atoms. The molecule has 0 amide bonds. The van der Waals surface area contributed by atoms with Gasteiger partial charge in [-0.25, -0.2) is 4.79 Å². The van der Waals surface area contributed by atoms with Crippen LogP contribution in [0, 0.1) is 6.92 Å². The second-order valence-corrected chi connectivity index (χ2v) is 7.06. The lowest BCUT2D eigenvalue weighted by Crippen LogP contribution is -2.09. The number of hydrogen-bond donors (Lipinski definition) is 0. The van der Waals surface area contributed by atoms with Crippen molar-refractivity contribution in [2.45, 2.75) is 6.92 Å². The maximum absolute atomic E-state index is 12.7. The Bertz CT molecular complexity index is 1120. The van der Waals surface area contributed by atoms with E-state index in [1.165, 1.54) is 0 Å². The summed E-state index contributed by atoms with van der Waals surface area (Å²) in [7, 11) is 0. The zero-order valence-electron chi connectivity index (χ0n) is 14.8. The Kier molecular flexibility index (Phi) is 4.79. The Hall–Kier alpha value is -3.25. The number of ether oxygens (including phenoxy) is 2. The molecule has 0 fully saturated rings. The molecule has 1 aliphatic rings. The molecule has 0 aliphatic carbocycles. The Morgan fingerprint density at radius 2 is 1.89 bits per heavy atom. The van der Waals surface area contributed by atoms with Crippen molar-refractivity contribution in [3.8, 4) is 11.5 Å². The second-order valence-electron chi connectivity index (χ2n) is 6.20. The van der Waals surface area contributed by atoms with E-state index in [4.69, 9.17) is 9.47 Å². The number of nitrogens with zero attached hydrogens (tertiary/aromatic N) is 1. The van der Waals surface area contributed by atoms with Gasteiger partial charge in [-0.2, -0.15) is 0 Å². The summed E-state index contributed by atoms with van der Waals surface area (Å²) < 4.78 is 11.9.